The fourth-order valence-electron chi connectivity index (χ4n) is 1.31. The summed E-state index contributed by atoms with van der Waals surface area (Å²) in [4.78, 5) is 0. The van der Waals surface area contributed by atoms with Crippen LogP contribution in [-0.2, 0) is 15.6 Å². The Morgan fingerprint density at radius 1 is 1.43 bits per heavy atom. The molecule has 0 fully saturated rings. The lowest BCUT2D eigenvalue weighted by Gasteiger charge is -1.98. The summed E-state index contributed by atoms with van der Waals surface area (Å²) in [6.07, 6.45) is 4.55. The van der Waals surface area contributed by atoms with Crippen LogP contribution in [0.15, 0.2) is 29.0 Å². The molecule has 0 aliphatic heterocycles. The van der Waals surface area contributed by atoms with E-state index >= 15 is 0 Å². The number of benzene rings is 1. The number of hydrogen-bond acceptors (Lipinski definition) is 4. The van der Waals surface area contributed by atoms with Gasteiger partial charge in [0.05, 0.1) is 12.0 Å². The van der Waals surface area contributed by atoms with E-state index in [0.29, 0.717) is 11.1 Å². The molecule has 4 nitrogen and oxygen atoms in total. The molecule has 5 heteroatoms. The van der Waals surface area contributed by atoms with Crippen molar-refractivity contribution < 1.29 is 12.9 Å². The molecule has 0 saturated heterocycles. The van der Waals surface area contributed by atoms with Gasteiger partial charge in [-0.3, -0.25) is 0 Å². The molecule has 73 valence electrons. The van der Waals surface area contributed by atoms with E-state index in [9.17, 15) is 8.42 Å². The van der Waals surface area contributed by atoms with E-state index in [-0.39, 0.29) is 5.75 Å². The van der Waals surface area contributed by atoms with Crippen molar-refractivity contribution in [2.24, 2.45) is 0 Å². The van der Waals surface area contributed by atoms with Gasteiger partial charge in [0.15, 0.2) is 9.84 Å². The lowest BCUT2D eigenvalue weighted by molar-refractivity contribution is 0.428. The zero-order valence-electron chi connectivity index (χ0n) is 7.30. The Balaban J connectivity index is 2.57. The van der Waals surface area contributed by atoms with Crippen LogP contribution in [0.25, 0.3) is 10.9 Å². The normalized spacial score (nSPS) is 12.1. The Bertz CT molecular complexity index is 556. The minimum atomic E-state index is -3.28. The first-order valence-corrected chi connectivity index (χ1v) is 5.76. The highest BCUT2D eigenvalue weighted by atomic mass is 32.2. The first-order chi connectivity index (χ1) is 6.56. The van der Waals surface area contributed by atoms with Gasteiger partial charge in [0.2, 0.25) is 0 Å². The average Bonchev–Trinajstić information content (AvgIpc) is 2.49. The zero-order valence-corrected chi connectivity index (χ0v) is 8.12. The molecule has 0 spiro atoms. The second-order valence-electron chi connectivity index (χ2n) is 3.06. The van der Waals surface area contributed by atoms with Crippen LogP contribution in [0, 0.1) is 6.26 Å². The highest BCUT2D eigenvalue weighted by Gasteiger charge is 2.10. The van der Waals surface area contributed by atoms with E-state index < -0.39 is 9.84 Å². The predicted octanol–water partition coefficient (Wildman–Crippen LogP) is 1.53. The van der Waals surface area contributed by atoms with E-state index in [1.807, 2.05) is 6.07 Å². The first kappa shape index (κ1) is 9.21. The van der Waals surface area contributed by atoms with Gasteiger partial charge in [-0.15, -0.1) is 0 Å². The first-order valence-electron chi connectivity index (χ1n) is 3.94. The van der Waals surface area contributed by atoms with Gasteiger partial charge in [-0.2, -0.15) is 0 Å². The number of nitrogens with zero attached hydrogens (tertiary/aromatic N) is 1. The van der Waals surface area contributed by atoms with Crippen LogP contribution in [0.5, 0.6) is 0 Å². The summed E-state index contributed by atoms with van der Waals surface area (Å²) in [5, 5.41) is 4.53. The maximum absolute atomic E-state index is 11.0. The molecule has 1 aromatic heterocycles. The molecule has 2 rings (SSSR count). The quantitative estimate of drug-likeness (QED) is 0.754. The SMILES string of the molecule is [CH2]S(=O)(=O)Cc1cccc2conc12. The van der Waals surface area contributed by atoms with Gasteiger partial charge >= 0.3 is 0 Å². The minimum absolute atomic E-state index is 0.114. The van der Waals surface area contributed by atoms with Crippen molar-refractivity contribution in [1.82, 2.24) is 5.16 Å². The van der Waals surface area contributed by atoms with Crippen molar-refractivity contribution in [3.63, 3.8) is 0 Å². The van der Waals surface area contributed by atoms with Gasteiger partial charge in [0.1, 0.15) is 11.8 Å². The van der Waals surface area contributed by atoms with Gasteiger partial charge in [-0.25, -0.2) is 8.42 Å². The Kier molecular flexibility index (Phi) is 2.03. The largest absolute Gasteiger partial charge is 0.363 e. The van der Waals surface area contributed by atoms with Crippen molar-refractivity contribution in [2.45, 2.75) is 5.75 Å². The van der Waals surface area contributed by atoms with Crippen molar-refractivity contribution in [3.05, 3.63) is 36.3 Å². The monoisotopic (exact) mass is 210 g/mol. The molecule has 0 unspecified atom stereocenters. The minimum Gasteiger partial charge on any atom is -0.363 e. The summed E-state index contributed by atoms with van der Waals surface area (Å²) in [5.41, 5.74) is 1.20. The zero-order chi connectivity index (χ0) is 10.2. The van der Waals surface area contributed by atoms with Crippen LogP contribution in [0.2, 0.25) is 0 Å². The smallest absolute Gasteiger partial charge is 0.155 e. The fourth-order valence-corrected chi connectivity index (χ4v) is 2.01. The predicted molar refractivity (Wildman–Crippen MR) is 52.0 cm³/mol. The van der Waals surface area contributed by atoms with Gasteiger partial charge < -0.3 is 4.52 Å². The lowest BCUT2D eigenvalue weighted by Crippen LogP contribution is -1.98. The summed E-state index contributed by atoms with van der Waals surface area (Å²) in [6, 6.07) is 5.28. The van der Waals surface area contributed by atoms with Crippen LogP contribution in [-0.4, -0.2) is 13.6 Å². The van der Waals surface area contributed by atoms with E-state index in [1.54, 1.807) is 12.1 Å². The van der Waals surface area contributed by atoms with Crippen molar-refractivity contribution in [1.29, 1.82) is 0 Å². The van der Waals surface area contributed by atoms with Gasteiger partial charge in [-0.05, 0) is 11.6 Å². The molecule has 1 heterocycles. The molecule has 1 radical (unpaired) electrons. The maximum Gasteiger partial charge on any atom is 0.155 e. The van der Waals surface area contributed by atoms with Crippen LogP contribution < -0.4 is 0 Å². The summed E-state index contributed by atoms with van der Waals surface area (Å²) >= 11 is 0. The lowest BCUT2D eigenvalue weighted by atomic mass is 10.2. The second kappa shape index (κ2) is 3.09. The highest BCUT2D eigenvalue weighted by molar-refractivity contribution is 7.91. The Labute approximate surface area is 81.4 Å². The third-order valence-electron chi connectivity index (χ3n) is 1.85. The molecule has 0 saturated carbocycles. The molecular weight excluding hydrogens is 202 g/mol. The third-order valence-corrected chi connectivity index (χ3v) is 2.60. The van der Waals surface area contributed by atoms with Crippen molar-refractivity contribution >= 4 is 20.7 Å². The number of hydrogen-bond donors (Lipinski definition) is 0. The summed E-state index contributed by atoms with van der Waals surface area (Å²) in [6.45, 7) is 0. The highest BCUT2D eigenvalue weighted by Crippen LogP contribution is 2.18. The molecule has 0 bridgehead atoms. The van der Waals surface area contributed by atoms with E-state index in [1.165, 1.54) is 6.26 Å². The van der Waals surface area contributed by atoms with E-state index in [2.05, 4.69) is 11.4 Å². The van der Waals surface area contributed by atoms with Crippen molar-refractivity contribution in [3.8, 4) is 0 Å². The molecule has 14 heavy (non-hydrogen) atoms. The maximum atomic E-state index is 11.0. The Morgan fingerprint density at radius 3 is 2.93 bits per heavy atom. The van der Waals surface area contributed by atoms with Crippen LogP contribution in [0.4, 0.5) is 0 Å². The molecule has 0 amide bonds. The molecule has 0 aliphatic rings. The third kappa shape index (κ3) is 1.77. The molecular formula is C9H8NO3S. The number of rotatable bonds is 2. The molecule has 1 aromatic carbocycles. The molecule has 0 aliphatic carbocycles. The van der Waals surface area contributed by atoms with Crippen LogP contribution in [0.1, 0.15) is 5.56 Å². The molecule has 0 atom stereocenters. The number of sulfone groups is 1. The summed E-state index contributed by atoms with van der Waals surface area (Å²) in [5.74, 6) is -0.114. The van der Waals surface area contributed by atoms with Gasteiger partial charge in [-0.1, -0.05) is 17.3 Å². The van der Waals surface area contributed by atoms with Crippen LogP contribution >= 0.6 is 0 Å². The van der Waals surface area contributed by atoms with Crippen molar-refractivity contribution in [2.75, 3.05) is 0 Å². The number of fused-ring (bicyclic) bond motifs is 1. The van der Waals surface area contributed by atoms with E-state index in [0.717, 1.165) is 5.39 Å². The summed E-state index contributed by atoms with van der Waals surface area (Å²) < 4.78 is 26.7. The second-order valence-corrected chi connectivity index (χ2v) is 4.83. The standard InChI is InChI=1S/C9H8NO3S/c1-14(11,12)6-8-4-2-3-7-5-13-10-9(7)8/h2-5H,1,6H2. The van der Waals surface area contributed by atoms with E-state index in [4.69, 9.17) is 4.52 Å². The number of aromatic nitrogens is 1. The topological polar surface area (TPSA) is 60.2 Å². The average molecular weight is 210 g/mol. The molecule has 2 aromatic rings. The van der Waals surface area contributed by atoms with Crippen LogP contribution in [0.3, 0.4) is 0 Å². The van der Waals surface area contributed by atoms with Gasteiger partial charge in [0, 0.05) is 5.39 Å². The molecule has 0 N–H and O–H groups in total. The summed E-state index contributed by atoms with van der Waals surface area (Å²) in [7, 11) is -3.28. The van der Waals surface area contributed by atoms with Gasteiger partial charge in [0.25, 0.3) is 0 Å². The Hall–Kier alpha value is -1.36. The fraction of sp³-hybridized carbons (Fsp3) is 0.111. The Morgan fingerprint density at radius 2 is 2.21 bits per heavy atom.